The van der Waals surface area contributed by atoms with Crippen molar-refractivity contribution in [2.75, 3.05) is 13.2 Å². The Labute approximate surface area is 106 Å². The van der Waals surface area contributed by atoms with Crippen LogP contribution in [0.4, 0.5) is 0 Å². The molecular weight excluding hydrogens is 230 g/mol. The van der Waals surface area contributed by atoms with Crippen molar-refractivity contribution in [3.05, 3.63) is 35.4 Å². The van der Waals surface area contributed by atoms with Crippen molar-refractivity contribution in [2.45, 2.75) is 25.2 Å². The Kier molecular flexibility index (Phi) is 4.10. The fraction of sp³-hybridized carbons (Fsp3) is 0.429. The summed E-state index contributed by atoms with van der Waals surface area (Å²) in [7, 11) is 0. The number of hydrogen-bond donors (Lipinski definition) is 2. The first-order chi connectivity index (χ1) is 8.70. The lowest BCUT2D eigenvalue weighted by Crippen LogP contribution is -2.26. The highest BCUT2D eigenvalue weighted by atomic mass is 16.3. The van der Waals surface area contributed by atoms with E-state index in [4.69, 9.17) is 5.11 Å². The van der Waals surface area contributed by atoms with Gasteiger partial charge in [-0.1, -0.05) is 12.1 Å². The van der Waals surface area contributed by atoms with Gasteiger partial charge in [0, 0.05) is 24.9 Å². The second-order valence-corrected chi connectivity index (χ2v) is 4.58. The molecular formula is C14H17NO3. The number of aliphatic hydroxyl groups is 1. The van der Waals surface area contributed by atoms with Gasteiger partial charge < -0.3 is 10.4 Å². The minimum absolute atomic E-state index is 0.0615. The average molecular weight is 247 g/mol. The molecule has 0 unspecified atom stereocenters. The number of aliphatic hydroxyl groups excluding tert-OH is 1. The van der Waals surface area contributed by atoms with Crippen LogP contribution >= 0.6 is 0 Å². The van der Waals surface area contributed by atoms with E-state index in [0.717, 1.165) is 12.0 Å². The smallest absolute Gasteiger partial charge is 0.251 e. The van der Waals surface area contributed by atoms with Crippen LogP contribution in [0, 0.1) is 0 Å². The van der Waals surface area contributed by atoms with E-state index in [2.05, 4.69) is 5.32 Å². The summed E-state index contributed by atoms with van der Waals surface area (Å²) in [6, 6.07) is 7.37. The largest absolute Gasteiger partial charge is 0.395 e. The molecule has 1 aliphatic carbocycles. The molecule has 0 heterocycles. The maximum Gasteiger partial charge on any atom is 0.251 e. The van der Waals surface area contributed by atoms with Crippen LogP contribution in [-0.2, 0) is 4.79 Å². The zero-order valence-electron chi connectivity index (χ0n) is 10.2. The zero-order chi connectivity index (χ0) is 13.0. The first-order valence-corrected chi connectivity index (χ1v) is 6.21. The molecule has 1 aliphatic rings. The van der Waals surface area contributed by atoms with Crippen molar-refractivity contribution in [1.29, 1.82) is 0 Å². The first-order valence-electron chi connectivity index (χ1n) is 6.21. The quantitative estimate of drug-likeness (QED) is 0.841. The molecule has 96 valence electrons. The van der Waals surface area contributed by atoms with Crippen molar-refractivity contribution < 1.29 is 14.7 Å². The predicted molar refractivity (Wildman–Crippen MR) is 67.5 cm³/mol. The molecule has 0 spiro atoms. The fourth-order valence-electron chi connectivity index (χ4n) is 2.28. The van der Waals surface area contributed by atoms with Crippen LogP contribution in [0.25, 0.3) is 0 Å². The van der Waals surface area contributed by atoms with Crippen molar-refractivity contribution in [1.82, 2.24) is 5.32 Å². The molecule has 2 rings (SSSR count). The Hall–Kier alpha value is -1.68. The van der Waals surface area contributed by atoms with Crippen LogP contribution in [0.15, 0.2) is 24.3 Å². The second kappa shape index (κ2) is 5.78. The number of carbonyl (C=O) groups is 2. The summed E-state index contributed by atoms with van der Waals surface area (Å²) in [4.78, 5) is 22.8. The molecule has 0 radical (unpaired) electrons. The van der Waals surface area contributed by atoms with Gasteiger partial charge in [0.1, 0.15) is 5.78 Å². The van der Waals surface area contributed by atoms with Gasteiger partial charge in [0.2, 0.25) is 0 Å². The minimum atomic E-state index is -0.182. The van der Waals surface area contributed by atoms with E-state index in [9.17, 15) is 9.59 Å². The molecule has 1 atom stereocenters. The van der Waals surface area contributed by atoms with Gasteiger partial charge in [0.15, 0.2) is 0 Å². The summed E-state index contributed by atoms with van der Waals surface area (Å²) in [5.41, 5.74) is 1.70. The van der Waals surface area contributed by atoms with Crippen molar-refractivity contribution in [3.8, 4) is 0 Å². The maximum atomic E-state index is 11.6. The van der Waals surface area contributed by atoms with Gasteiger partial charge in [0.25, 0.3) is 5.91 Å². The van der Waals surface area contributed by atoms with Crippen molar-refractivity contribution in [3.63, 3.8) is 0 Å². The van der Waals surface area contributed by atoms with E-state index in [1.807, 2.05) is 12.1 Å². The summed E-state index contributed by atoms with van der Waals surface area (Å²) in [5.74, 6) is 0.454. The lowest BCUT2D eigenvalue weighted by Gasteiger charge is -2.09. The van der Waals surface area contributed by atoms with E-state index >= 15 is 0 Å². The summed E-state index contributed by atoms with van der Waals surface area (Å²) in [6.07, 6.45) is 2.20. The minimum Gasteiger partial charge on any atom is -0.395 e. The van der Waals surface area contributed by atoms with Gasteiger partial charge in [-0.05, 0) is 30.0 Å². The third-order valence-corrected chi connectivity index (χ3v) is 3.29. The number of benzene rings is 1. The highest BCUT2D eigenvalue weighted by Crippen LogP contribution is 2.31. The number of nitrogens with one attached hydrogen (secondary N) is 1. The first kappa shape index (κ1) is 12.8. The number of carbonyl (C=O) groups excluding carboxylic acids is 2. The molecule has 2 N–H and O–H groups in total. The Balaban J connectivity index is 2.01. The highest BCUT2D eigenvalue weighted by molar-refractivity contribution is 5.94. The molecule has 0 bridgehead atoms. The maximum absolute atomic E-state index is 11.6. The third-order valence-electron chi connectivity index (χ3n) is 3.29. The van der Waals surface area contributed by atoms with E-state index in [1.165, 1.54) is 0 Å². The Morgan fingerprint density at radius 2 is 2.06 bits per heavy atom. The molecule has 0 aliphatic heterocycles. The van der Waals surface area contributed by atoms with E-state index in [1.54, 1.807) is 12.1 Å². The van der Waals surface area contributed by atoms with E-state index in [0.29, 0.717) is 30.1 Å². The van der Waals surface area contributed by atoms with Crippen molar-refractivity contribution >= 4 is 11.7 Å². The Morgan fingerprint density at radius 1 is 1.33 bits per heavy atom. The Morgan fingerprint density at radius 3 is 2.61 bits per heavy atom. The van der Waals surface area contributed by atoms with E-state index in [-0.39, 0.29) is 19.1 Å². The summed E-state index contributed by atoms with van der Waals surface area (Å²) < 4.78 is 0. The zero-order valence-corrected chi connectivity index (χ0v) is 10.2. The van der Waals surface area contributed by atoms with E-state index < -0.39 is 0 Å². The monoisotopic (exact) mass is 247 g/mol. The van der Waals surface area contributed by atoms with Crippen LogP contribution < -0.4 is 5.32 Å². The SMILES string of the molecule is O=C1CC[C@H](c2ccc(C(=O)NCCO)cc2)C1. The molecule has 4 heteroatoms. The van der Waals surface area contributed by atoms with Gasteiger partial charge in [-0.3, -0.25) is 9.59 Å². The number of amides is 1. The molecule has 18 heavy (non-hydrogen) atoms. The van der Waals surface area contributed by atoms with Crippen LogP contribution in [-0.4, -0.2) is 29.9 Å². The van der Waals surface area contributed by atoms with Gasteiger partial charge >= 0.3 is 0 Å². The molecule has 0 saturated heterocycles. The molecule has 0 aromatic heterocycles. The van der Waals surface area contributed by atoms with Crippen LogP contribution in [0.1, 0.15) is 41.1 Å². The number of Topliss-reactive ketones (excluding diaryl/α,β-unsaturated/α-hetero) is 1. The average Bonchev–Trinajstić information content (AvgIpc) is 2.83. The lowest BCUT2D eigenvalue weighted by molar-refractivity contribution is -0.117. The molecule has 1 fully saturated rings. The highest BCUT2D eigenvalue weighted by Gasteiger charge is 2.23. The molecule has 4 nitrogen and oxygen atoms in total. The number of hydrogen-bond acceptors (Lipinski definition) is 3. The number of rotatable bonds is 4. The van der Waals surface area contributed by atoms with Gasteiger partial charge in [-0.2, -0.15) is 0 Å². The van der Waals surface area contributed by atoms with Gasteiger partial charge in [0.05, 0.1) is 6.61 Å². The summed E-state index contributed by atoms with van der Waals surface area (Å²) in [5, 5.41) is 11.2. The normalized spacial score (nSPS) is 18.9. The summed E-state index contributed by atoms with van der Waals surface area (Å²) >= 11 is 0. The second-order valence-electron chi connectivity index (χ2n) is 4.58. The lowest BCUT2D eigenvalue weighted by atomic mass is 9.96. The van der Waals surface area contributed by atoms with Crippen LogP contribution in [0.2, 0.25) is 0 Å². The van der Waals surface area contributed by atoms with Crippen LogP contribution in [0.3, 0.4) is 0 Å². The number of ketones is 1. The van der Waals surface area contributed by atoms with Crippen molar-refractivity contribution in [2.24, 2.45) is 0 Å². The summed E-state index contributed by atoms with van der Waals surface area (Å²) in [6.45, 7) is 0.200. The van der Waals surface area contributed by atoms with Gasteiger partial charge in [-0.15, -0.1) is 0 Å². The van der Waals surface area contributed by atoms with Crippen LogP contribution in [0.5, 0.6) is 0 Å². The topological polar surface area (TPSA) is 66.4 Å². The fourth-order valence-corrected chi connectivity index (χ4v) is 2.28. The third kappa shape index (κ3) is 2.96. The molecule has 1 aromatic rings. The standard InChI is InChI=1S/C14H17NO3/c16-8-7-15-14(18)11-3-1-10(2-4-11)12-5-6-13(17)9-12/h1-4,12,16H,5-9H2,(H,15,18)/t12-/m0/s1. The predicted octanol–water partition coefficient (Wildman–Crippen LogP) is 1.25. The molecule has 1 aromatic carbocycles. The molecule has 1 saturated carbocycles. The molecule has 1 amide bonds. The van der Waals surface area contributed by atoms with Gasteiger partial charge in [-0.25, -0.2) is 0 Å². The Bertz CT molecular complexity index is 439.